The average molecular weight is 221 g/mol. The Hall–Kier alpha value is -1.29. The van der Waals surface area contributed by atoms with Crippen LogP contribution in [0.4, 0.5) is 0 Å². The van der Waals surface area contributed by atoms with Crippen LogP contribution in [0.25, 0.3) is 0 Å². The Morgan fingerprint density at radius 1 is 1.62 bits per heavy atom. The zero-order chi connectivity index (χ0) is 11.2. The van der Waals surface area contributed by atoms with E-state index in [4.69, 9.17) is 4.74 Å². The van der Waals surface area contributed by atoms with Gasteiger partial charge in [-0.05, 0) is 31.9 Å². The maximum atomic E-state index is 5.70. The zero-order valence-electron chi connectivity index (χ0n) is 9.70. The lowest BCUT2D eigenvalue weighted by molar-refractivity contribution is 0.166. The first kappa shape index (κ1) is 11.2. The SMILES string of the molecule is CCCNC(C1=CCCCO1)c1ncc[nH]1. The fourth-order valence-electron chi connectivity index (χ4n) is 1.83. The van der Waals surface area contributed by atoms with Crippen molar-refractivity contribution in [2.75, 3.05) is 13.2 Å². The molecule has 2 rings (SSSR count). The van der Waals surface area contributed by atoms with Crippen LogP contribution in [0.5, 0.6) is 0 Å². The molecule has 2 N–H and O–H groups in total. The predicted octanol–water partition coefficient (Wildman–Crippen LogP) is 2.14. The Morgan fingerprint density at radius 3 is 3.19 bits per heavy atom. The number of H-pyrrole nitrogens is 1. The summed E-state index contributed by atoms with van der Waals surface area (Å²) in [6.07, 6.45) is 9.10. The Bertz CT molecular complexity index is 332. The van der Waals surface area contributed by atoms with Crippen molar-refractivity contribution in [2.45, 2.75) is 32.2 Å². The summed E-state index contributed by atoms with van der Waals surface area (Å²) in [5.41, 5.74) is 0. The molecule has 1 aliphatic heterocycles. The Balaban J connectivity index is 2.10. The van der Waals surface area contributed by atoms with Gasteiger partial charge in [0.05, 0.1) is 6.61 Å². The lowest BCUT2D eigenvalue weighted by atomic mass is 10.1. The standard InChI is InChI=1S/C12H19N3O/c1-2-6-13-11(12-14-7-8-15-12)10-5-3-4-9-16-10/h5,7-8,11,13H,2-4,6,9H2,1H3,(H,14,15). The topological polar surface area (TPSA) is 49.9 Å². The van der Waals surface area contributed by atoms with E-state index in [0.29, 0.717) is 0 Å². The van der Waals surface area contributed by atoms with E-state index in [1.54, 1.807) is 6.20 Å². The quantitative estimate of drug-likeness (QED) is 0.801. The van der Waals surface area contributed by atoms with E-state index in [2.05, 4.69) is 28.3 Å². The second-order valence-corrected chi connectivity index (χ2v) is 3.96. The van der Waals surface area contributed by atoms with Gasteiger partial charge in [0.15, 0.2) is 0 Å². The molecule has 1 aliphatic rings. The van der Waals surface area contributed by atoms with Crippen molar-refractivity contribution in [3.63, 3.8) is 0 Å². The lowest BCUT2D eigenvalue weighted by Gasteiger charge is -2.23. The van der Waals surface area contributed by atoms with Crippen LogP contribution in [0.15, 0.2) is 24.2 Å². The van der Waals surface area contributed by atoms with Gasteiger partial charge in [-0.15, -0.1) is 0 Å². The smallest absolute Gasteiger partial charge is 0.131 e. The molecule has 2 heterocycles. The second kappa shape index (κ2) is 5.70. The van der Waals surface area contributed by atoms with Crippen LogP contribution in [0.3, 0.4) is 0 Å². The number of hydrogen-bond acceptors (Lipinski definition) is 3. The van der Waals surface area contributed by atoms with Crippen molar-refractivity contribution in [1.29, 1.82) is 0 Å². The van der Waals surface area contributed by atoms with E-state index in [1.165, 1.54) is 0 Å². The van der Waals surface area contributed by atoms with E-state index in [1.807, 2.05) is 6.20 Å². The van der Waals surface area contributed by atoms with E-state index in [0.717, 1.165) is 44.0 Å². The first-order valence-electron chi connectivity index (χ1n) is 5.97. The number of aromatic nitrogens is 2. The third kappa shape index (κ3) is 2.64. The van der Waals surface area contributed by atoms with Crippen molar-refractivity contribution in [2.24, 2.45) is 0 Å². The molecule has 1 unspecified atom stereocenters. The summed E-state index contributed by atoms with van der Waals surface area (Å²) in [5.74, 6) is 1.94. The highest BCUT2D eigenvalue weighted by Crippen LogP contribution is 2.23. The summed E-state index contributed by atoms with van der Waals surface area (Å²) in [7, 11) is 0. The maximum Gasteiger partial charge on any atom is 0.131 e. The molecule has 0 spiro atoms. The number of aromatic amines is 1. The van der Waals surface area contributed by atoms with Gasteiger partial charge in [-0.25, -0.2) is 4.98 Å². The fraction of sp³-hybridized carbons (Fsp3) is 0.583. The number of rotatable bonds is 5. The van der Waals surface area contributed by atoms with Crippen molar-refractivity contribution >= 4 is 0 Å². The predicted molar refractivity (Wildman–Crippen MR) is 62.9 cm³/mol. The van der Waals surface area contributed by atoms with Crippen LogP contribution in [-0.4, -0.2) is 23.1 Å². The largest absolute Gasteiger partial charge is 0.496 e. The summed E-state index contributed by atoms with van der Waals surface area (Å²) in [5, 5.41) is 3.45. The molecular formula is C12H19N3O. The highest BCUT2D eigenvalue weighted by atomic mass is 16.5. The van der Waals surface area contributed by atoms with E-state index in [9.17, 15) is 0 Å². The van der Waals surface area contributed by atoms with E-state index >= 15 is 0 Å². The van der Waals surface area contributed by atoms with Gasteiger partial charge in [-0.3, -0.25) is 0 Å². The number of nitrogens with one attached hydrogen (secondary N) is 2. The van der Waals surface area contributed by atoms with Crippen molar-refractivity contribution < 1.29 is 4.74 Å². The van der Waals surface area contributed by atoms with Gasteiger partial charge in [0.1, 0.15) is 17.6 Å². The molecule has 4 heteroatoms. The van der Waals surface area contributed by atoms with Crippen molar-refractivity contribution in [3.8, 4) is 0 Å². The molecule has 1 atom stereocenters. The van der Waals surface area contributed by atoms with Gasteiger partial charge in [0, 0.05) is 12.4 Å². The van der Waals surface area contributed by atoms with E-state index < -0.39 is 0 Å². The third-order valence-electron chi connectivity index (χ3n) is 2.64. The molecule has 0 aliphatic carbocycles. The molecule has 16 heavy (non-hydrogen) atoms. The van der Waals surface area contributed by atoms with E-state index in [-0.39, 0.29) is 6.04 Å². The minimum absolute atomic E-state index is 0.0789. The first-order chi connectivity index (χ1) is 7.92. The van der Waals surface area contributed by atoms with Gasteiger partial charge in [0.2, 0.25) is 0 Å². The van der Waals surface area contributed by atoms with Crippen LogP contribution in [-0.2, 0) is 4.74 Å². The molecule has 0 bridgehead atoms. The van der Waals surface area contributed by atoms with Crippen LogP contribution < -0.4 is 5.32 Å². The van der Waals surface area contributed by atoms with Crippen LogP contribution in [0.1, 0.15) is 38.1 Å². The number of nitrogens with zero attached hydrogens (tertiary/aromatic N) is 1. The molecule has 0 fully saturated rings. The summed E-state index contributed by atoms with van der Waals surface area (Å²) in [6.45, 7) is 3.94. The maximum absolute atomic E-state index is 5.70. The Kier molecular flexibility index (Phi) is 3.99. The minimum Gasteiger partial charge on any atom is -0.496 e. The third-order valence-corrected chi connectivity index (χ3v) is 2.64. The Morgan fingerprint density at radius 2 is 2.56 bits per heavy atom. The molecule has 0 saturated carbocycles. The number of imidazole rings is 1. The van der Waals surface area contributed by atoms with Gasteiger partial charge in [0.25, 0.3) is 0 Å². The molecule has 0 radical (unpaired) electrons. The Labute approximate surface area is 96.1 Å². The van der Waals surface area contributed by atoms with Crippen LogP contribution >= 0.6 is 0 Å². The highest BCUT2D eigenvalue weighted by molar-refractivity contribution is 5.13. The monoisotopic (exact) mass is 221 g/mol. The average Bonchev–Trinajstić information content (AvgIpc) is 2.85. The van der Waals surface area contributed by atoms with Crippen molar-refractivity contribution in [3.05, 3.63) is 30.1 Å². The normalized spacial score (nSPS) is 17.7. The van der Waals surface area contributed by atoms with Crippen LogP contribution in [0.2, 0.25) is 0 Å². The molecule has 1 aromatic rings. The molecule has 1 aromatic heterocycles. The van der Waals surface area contributed by atoms with Gasteiger partial charge >= 0.3 is 0 Å². The highest BCUT2D eigenvalue weighted by Gasteiger charge is 2.20. The number of ether oxygens (including phenoxy) is 1. The minimum atomic E-state index is 0.0789. The second-order valence-electron chi connectivity index (χ2n) is 3.96. The molecule has 0 saturated heterocycles. The van der Waals surface area contributed by atoms with Crippen LogP contribution in [0, 0.1) is 0 Å². The van der Waals surface area contributed by atoms with Crippen molar-refractivity contribution in [1.82, 2.24) is 15.3 Å². The summed E-state index contributed by atoms with van der Waals surface area (Å²) in [4.78, 5) is 7.45. The molecule has 0 aromatic carbocycles. The van der Waals surface area contributed by atoms with Gasteiger partial charge in [-0.1, -0.05) is 6.92 Å². The first-order valence-corrected chi connectivity index (χ1v) is 5.97. The number of hydrogen-bond donors (Lipinski definition) is 2. The van der Waals surface area contributed by atoms with Gasteiger partial charge in [-0.2, -0.15) is 0 Å². The summed E-state index contributed by atoms with van der Waals surface area (Å²) in [6, 6.07) is 0.0789. The molecular weight excluding hydrogens is 202 g/mol. The fourth-order valence-corrected chi connectivity index (χ4v) is 1.83. The van der Waals surface area contributed by atoms with Gasteiger partial charge < -0.3 is 15.0 Å². The lowest BCUT2D eigenvalue weighted by Crippen LogP contribution is -2.27. The molecule has 4 nitrogen and oxygen atoms in total. The number of allylic oxidation sites excluding steroid dienone is 1. The summed E-state index contributed by atoms with van der Waals surface area (Å²) < 4.78 is 5.70. The molecule has 0 amide bonds. The zero-order valence-corrected chi connectivity index (χ0v) is 9.70. The summed E-state index contributed by atoms with van der Waals surface area (Å²) >= 11 is 0. The molecule has 88 valence electrons.